The lowest BCUT2D eigenvalue weighted by molar-refractivity contribution is -0.122. The Hall–Kier alpha value is -2.99. The molecule has 1 fully saturated rings. The minimum atomic E-state index is -0.378. The van der Waals surface area contributed by atoms with Crippen LogP contribution in [0.2, 0.25) is 0 Å². The number of carbonyl (C=O) groups is 2. The van der Waals surface area contributed by atoms with E-state index in [1.807, 2.05) is 61.5 Å². The van der Waals surface area contributed by atoms with Crippen molar-refractivity contribution < 1.29 is 9.59 Å². The molecule has 0 saturated carbocycles. The third-order valence-corrected chi connectivity index (χ3v) is 6.22. The van der Waals surface area contributed by atoms with Crippen molar-refractivity contribution in [2.45, 2.75) is 26.7 Å². The second kappa shape index (κ2) is 8.17. The standard InChI is InChI=1S/C23H23N3O2S/c1-3-19-21(16-9-5-4-6-10-16)24-23(29-19)25-22(28)17-13-20(27)26(14-17)18-11-7-8-15(2)12-18/h4-12,17H,3,13-14H2,1-2H3,(H,24,25,28). The summed E-state index contributed by atoms with van der Waals surface area (Å²) in [5, 5.41) is 3.53. The Morgan fingerprint density at radius 1 is 1.21 bits per heavy atom. The molecule has 0 radical (unpaired) electrons. The van der Waals surface area contributed by atoms with Gasteiger partial charge in [-0.1, -0.05) is 49.4 Å². The van der Waals surface area contributed by atoms with Crippen LogP contribution in [0.25, 0.3) is 11.3 Å². The molecule has 2 heterocycles. The van der Waals surface area contributed by atoms with Crippen LogP contribution in [0.3, 0.4) is 0 Å². The largest absolute Gasteiger partial charge is 0.312 e. The number of hydrogen-bond donors (Lipinski definition) is 1. The van der Waals surface area contributed by atoms with Crippen LogP contribution in [-0.2, 0) is 16.0 Å². The molecule has 2 aromatic carbocycles. The molecule has 1 aliphatic heterocycles. The number of hydrogen-bond acceptors (Lipinski definition) is 4. The maximum absolute atomic E-state index is 12.8. The summed E-state index contributed by atoms with van der Waals surface area (Å²) in [5.41, 5.74) is 3.89. The monoisotopic (exact) mass is 405 g/mol. The minimum Gasteiger partial charge on any atom is -0.312 e. The zero-order valence-electron chi connectivity index (χ0n) is 16.5. The highest BCUT2D eigenvalue weighted by atomic mass is 32.1. The summed E-state index contributed by atoms with van der Waals surface area (Å²) >= 11 is 1.50. The molecule has 1 atom stereocenters. The molecule has 4 rings (SSSR count). The molecular formula is C23H23N3O2S. The van der Waals surface area contributed by atoms with Crippen molar-refractivity contribution in [3.8, 4) is 11.3 Å². The maximum Gasteiger partial charge on any atom is 0.231 e. The van der Waals surface area contributed by atoms with Gasteiger partial charge in [0.1, 0.15) is 0 Å². The number of amides is 2. The van der Waals surface area contributed by atoms with E-state index in [2.05, 4.69) is 17.2 Å². The summed E-state index contributed by atoms with van der Waals surface area (Å²) in [4.78, 5) is 32.8. The van der Waals surface area contributed by atoms with Gasteiger partial charge in [-0.25, -0.2) is 4.98 Å². The Labute approximate surface area is 174 Å². The maximum atomic E-state index is 12.8. The van der Waals surface area contributed by atoms with Gasteiger partial charge in [0.25, 0.3) is 0 Å². The molecule has 29 heavy (non-hydrogen) atoms. The van der Waals surface area contributed by atoms with Crippen molar-refractivity contribution in [3.63, 3.8) is 0 Å². The molecule has 1 unspecified atom stereocenters. The van der Waals surface area contributed by atoms with Crippen molar-refractivity contribution in [1.29, 1.82) is 0 Å². The first-order valence-electron chi connectivity index (χ1n) is 9.78. The van der Waals surface area contributed by atoms with E-state index in [0.29, 0.717) is 11.7 Å². The number of anilines is 2. The van der Waals surface area contributed by atoms with Crippen molar-refractivity contribution in [2.24, 2.45) is 5.92 Å². The highest BCUT2D eigenvalue weighted by Crippen LogP contribution is 2.32. The number of thiazole rings is 1. The molecule has 1 aliphatic rings. The van der Waals surface area contributed by atoms with Crippen molar-refractivity contribution >= 4 is 34.0 Å². The van der Waals surface area contributed by atoms with Crippen LogP contribution in [0.15, 0.2) is 54.6 Å². The Bertz CT molecular complexity index is 1050. The van der Waals surface area contributed by atoms with Crippen LogP contribution in [0.5, 0.6) is 0 Å². The van der Waals surface area contributed by atoms with E-state index in [9.17, 15) is 9.59 Å². The fourth-order valence-corrected chi connectivity index (χ4v) is 4.53. The van der Waals surface area contributed by atoms with Gasteiger partial charge in [-0.3, -0.25) is 9.59 Å². The summed E-state index contributed by atoms with van der Waals surface area (Å²) in [6.45, 7) is 4.47. The van der Waals surface area contributed by atoms with E-state index >= 15 is 0 Å². The Kier molecular flexibility index (Phi) is 5.45. The fraction of sp³-hybridized carbons (Fsp3) is 0.261. The topological polar surface area (TPSA) is 62.3 Å². The van der Waals surface area contributed by atoms with E-state index < -0.39 is 0 Å². The molecule has 1 saturated heterocycles. The van der Waals surface area contributed by atoms with Gasteiger partial charge in [-0.05, 0) is 31.0 Å². The first-order chi connectivity index (χ1) is 14.0. The lowest BCUT2D eigenvalue weighted by atomic mass is 10.1. The van der Waals surface area contributed by atoms with Crippen LogP contribution in [0, 0.1) is 12.8 Å². The molecule has 0 spiro atoms. The molecule has 0 bridgehead atoms. The lowest BCUT2D eigenvalue weighted by Crippen LogP contribution is -2.28. The Balaban J connectivity index is 1.49. The van der Waals surface area contributed by atoms with Crippen LogP contribution in [-0.4, -0.2) is 23.3 Å². The average molecular weight is 406 g/mol. The van der Waals surface area contributed by atoms with Gasteiger partial charge in [0.05, 0.1) is 11.6 Å². The molecule has 5 nitrogen and oxygen atoms in total. The average Bonchev–Trinajstić information content (AvgIpc) is 3.32. The predicted molar refractivity (Wildman–Crippen MR) is 117 cm³/mol. The highest BCUT2D eigenvalue weighted by molar-refractivity contribution is 7.16. The normalized spacial score (nSPS) is 16.3. The summed E-state index contributed by atoms with van der Waals surface area (Å²) in [7, 11) is 0. The molecular weight excluding hydrogens is 382 g/mol. The van der Waals surface area contributed by atoms with Gasteiger partial charge in [0.2, 0.25) is 11.8 Å². The van der Waals surface area contributed by atoms with E-state index in [1.165, 1.54) is 11.3 Å². The highest BCUT2D eigenvalue weighted by Gasteiger charge is 2.35. The van der Waals surface area contributed by atoms with Crippen LogP contribution in [0.1, 0.15) is 23.8 Å². The number of nitrogens with one attached hydrogen (secondary N) is 1. The molecule has 2 amide bonds. The van der Waals surface area contributed by atoms with Crippen LogP contribution >= 0.6 is 11.3 Å². The van der Waals surface area contributed by atoms with E-state index in [0.717, 1.165) is 33.8 Å². The third-order valence-electron chi connectivity index (χ3n) is 5.10. The minimum absolute atomic E-state index is 0.0193. The quantitative estimate of drug-likeness (QED) is 0.671. The van der Waals surface area contributed by atoms with Crippen LogP contribution in [0.4, 0.5) is 10.8 Å². The number of benzene rings is 2. The first-order valence-corrected chi connectivity index (χ1v) is 10.6. The molecule has 1 N–H and O–H groups in total. The zero-order valence-corrected chi connectivity index (χ0v) is 17.3. The molecule has 1 aromatic heterocycles. The molecule has 3 aromatic rings. The summed E-state index contributed by atoms with van der Waals surface area (Å²) in [6.07, 6.45) is 1.07. The Morgan fingerprint density at radius 2 is 2.00 bits per heavy atom. The fourth-order valence-electron chi connectivity index (χ4n) is 3.60. The first kappa shape index (κ1) is 19.3. The van der Waals surface area contributed by atoms with Crippen molar-refractivity contribution in [1.82, 2.24) is 4.98 Å². The SMILES string of the molecule is CCc1sc(NC(=O)C2CC(=O)N(c3cccc(C)c3)C2)nc1-c1ccccc1. The van der Waals surface area contributed by atoms with E-state index in [4.69, 9.17) is 0 Å². The summed E-state index contributed by atoms with van der Waals surface area (Å²) < 4.78 is 0. The van der Waals surface area contributed by atoms with Gasteiger partial charge >= 0.3 is 0 Å². The molecule has 0 aliphatic carbocycles. The van der Waals surface area contributed by atoms with Gasteiger partial charge < -0.3 is 10.2 Å². The zero-order chi connectivity index (χ0) is 20.4. The number of rotatable bonds is 5. The van der Waals surface area contributed by atoms with Gasteiger partial charge in [0, 0.05) is 29.1 Å². The number of carbonyl (C=O) groups excluding carboxylic acids is 2. The van der Waals surface area contributed by atoms with Crippen LogP contribution < -0.4 is 10.2 Å². The molecule has 148 valence electrons. The van der Waals surface area contributed by atoms with E-state index in [1.54, 1.807) is 4.90 Å². The second-order valence-electron chi connectivity index (χ2n) is 7.24. The number of aromatic nitrogens is 1. The summed E-state index contributed by atoms with van der Waals surface area (Å²) in [6, 6.07) is 17.8. The Morgan fingerprint density at radius 3 is 2.72 bits per heavy atom. The van der Waals surface area contributed by atoms with Gasteiger partial charge in [-0.2, -0.15) is 0 Å². The predicted octanol–water partition coefficient (Wildman–Crippen LogP) is 4.67. The van der Waals surface area contributed by atoms with Gasteiger partial charge in [-0.15, -0.1) is 11.3 Å². The number of nitrogens with zero attached hydrogens (tertiary/aromatic N) is 2. The molecule has 6 heteroatoms. The third kappa shape index (κ3) is 4.07. The van der Waals surface area contributed by atoms with Crippen molar-refractivity contribution in [3.05, 3.63) is 65.0 Å². The van der Waals surface area contributed by atoms with E-state index in [-0.39, 0.29) is 24.2 Å². The second-order valence-corrected chi connectivity index (χ2v) is 8.33. The van der Waals surface area contributed by atoms with Crippen molar-refractivity contribution in [2.75, 3.05) is 16.8 Å². The lowest BCUT2D eigenvalue weighted by Gasteiger charge is -2.17. The summed E-state index contributed by atoms with van der Waals surface area (Å²) in [5.74, 6) is -0.546. The number of aryl methyl sites for hydroxylation is 2. The van der Waals surface area contributed by atoms with Gasteiger partial charge in [0.15, 0.2) is 5.13 Å². The smallest absolute Gasteiger partial charge is 0.231 e.